The molecular weight excluding hydrogens is 174 g/mol. The van der Waals surface area contributed by atoms with Gasteiger partial charge in [0, 0.05) is 19.1 Å². The molecule has 0 bridgehead atoms. The van der Waals surface area contributed by atoms with Crippen molar-refractivity contribution < 1.29 is 0 Å². The third-order valence-corrected chi connectivity index (χ3v) is 3.78. The van der Waals surface area contributed by atoms with Gasteiger partial charge in [0.15, 0.2) is 0 Å². The van der Waals surface area contributed by atoms with Crippen LogP contribution in [0.5, 0.6) is 0 Å². The zero-order chi connectivity index (χ0) is 9.97. The standard InChI is InChI=1S/C11H23N3/c1-12-11(10-7-14(2)8-10)9-4-3-5-13-6-9/h9-13H,3-8H2,1-2H3. The van der Waals surface area contributed by atoms with Gasteiger partial charge in [-0.3, -0.25) is 0 Å². The van der Waals surface area contributed by atoms with Gasteiger partial charge in [-0.2, -0.15) is 0 Å². The first-order valence-electron chi connectivity index (χ1n) is 5.88. The molecule has 2 N–H and O–H groups in total. The molecule has 2 saturated heterocycles. The predicted molar refractivity (Wildman–Crippen MR) is 59.4 cm³/mol. The molecular formula is C11H23N3. The van der Waals surface area contributed by atoms with E-state index in [1.54, 1.807) is 0 Å². The van der Waals surface area contributed by atoms with Crippen molar-refractivity contribution in [3.63, 3.8) is 0 Å². The maximum Gasteiger partial charge on any atom is 0.0157 e. The van der Waals surface area contributed by atoms with Crippen LogP contribution < -0.4 is 10.6 Å². The van der Waals surface area contributed by atoms with Crippen molar-refractivity contribution in [2.24, 2.45) is 11.8 Å². The van der Waals surface area contributed by atoms with Gasteiger partial charge in [-0.25, -0.2) is 0 Å². The Balaban J connectivity index is 1.85. The van der Waals surface area contributed by atoms with Gasteiger partial charge < -0.3 is 15.5 Å². The first-order valence-corrected chi connectivity index (χ1v) is 5.88. The summed E-state index contributed by atoms with van der Waals surface area (Å²) >= 11 is 0. The second kappa shape index (κ2) is 4.60. The van der Waals surface area contributed by atoms with Gasteiger partial charge in [0.2, 0.25) is 0 Å². The van der Waals surface area contributed by atoms with E-state index in [1.807, 2.05) is 0 Å². The summed E-state index contributed by atoms with van der Waals surface area (Å²) in [5, 5.41) is 7.04. The molecule has 2 heterocycles. The molecule has 82 valence electrons. The predicted octanol–water partition coefficient (Wildman–Crippen LogP) is 0.136. The average Bonchev–Trinajstić information content (AvgIpc) is 2.18. The van der Waals surface area contributed by atoms with Gasteiger partial charge in [0.25, 0.3) is 0 Å². The summed E-state index contributed by atoms with van der Waals surface area (Å²) in [6, 6.07) is 0.735. The van der Waals surface area contributed by atoms with Crippen LogP contribution in [0.2, 0.25) is 0 Å². The Morgan fingerprint density at radius 2 is 2.14 bits per heavy atom. The number of piperidine rings is 1. The number of nitrogens with one attached hydrogen (secondary N) is 2. The molecule has 0 aliphatic carbocycles. The minimum atomic E-state index is 0.735. The van der Waals surface area contributed by atoms with E-state index >= 15 is 0 Å². The lowest BCUT2D eigenvalue weighted by molar-refractivity contribution is 0.0723. The van der Waals surface area contributed by atoms with Crippen LogP contribution in [0.4, 0.5) is 0 Å². The van der Waals surface area contributed by atoms with Crippen LogP contribution in [0.1, 0.15) is 12.8 Å². The molecule has 3 nitrogen and oxygen atoms in total. The third-order valence-electron chi connectivity index (χ3n) is 3.78. The van der Waals surface area contributed by atoms with E-state index in [0.29, 0.717) is 0 Å². The van der Waals surface area contributed by atoms with Crippen LogP contribution in [0, 0.1) is 11.8 Å². The van der Waals surface area contributed by atoms with Gasteiger partial charge >= 0.3 is 0 Å². The van der Waals surface area contributed by atoms with Crippen LogP contribution in [0.15, 0.2) is 0 Å². The summed E-state index contributed by atoms with van der Waals surface area (Å²) in [6.07, 6.45) is 2.75. The zero-order valence-electron chi connectivity index (χ0n) is 9.42. The first kappa shape index (κ1) is 10.4. The SMILES string of the molecule is CNC(C1CCCNC1)C1CN(C)C1. The molecule has 0 saturated carbocycles. The van der Waals surface area contributed by atoms with Gasteiger partial charge in [-0.15, -0.1) is 0 Å². The maximum absolute atomic E-state index is 3.53. The van der Waals surface area contributed by atoms with Gasteiger partial charge in [0.1, 0.15) is 0 Å². The highest BCUT2D eigenvalue weighted by Gasteiger charge is 2.35. The molecule has 2 unspecified atom stereocenters. The summed E-state index contributed by atoms with van der Waals surface area (Å²) in [5.74, 6) is 1.74. The molecule has 0 amide bonds. The highest BCUT2D eigenvalue weighted by Crippen LogP contribution is 2.25. The largest absolute Gasteiger partial charge is 0.316 e. The van der Waals surface area contributed by atoms with E-state index in [1.165, 1.54) is 39.0 Å². The lowest BCUT2D eigenvalue weighted by atomic mass is 9.80. The Morgan fingerprint density at radius 1 is 1.36 bits per heavy atom. The Hall–Kier alpha value is -0.120. The Kier molecular flexibility index (Phi) is 3.42. The molecule has 0 spiro atoms. The zero-order valence-corrected chi connectivity index (χ0v) is 9.42. The van der Waals surface area contributed by atoms with E-state index in [4.69, 9.17) is 0 Å². The Bertz CT molecular complexity index is 171. The van der Waals surface area contributed by atoms with Crippen molar-refractivity contribution in [3.8, 4) is 0 Å². The monoisotopic (exact) mass is 197 g/mol. The van der Waals surface area contributed by atoms with Crippen molar-refractivity contribution in [1.82, 2.24) is 15.5 Å². The van der Waals surface area contributed by atoms with E-state index in [-0.39, 0.29) is 0 Å². The fraction of sp³-hybridized carbons (Fsp3) is 1.00. The van der Waals surface area contributed by atoms with Gasteiger partial charge in [-0.1, -0.05) is 0 Å². The molecule has 14 heavy (non-hydrogen) atoms. The summed E-state index contributed by atoms with van der Waals surface area (Å²) in [6.45, 7) is 4.99. The fourth-order valence-electron chi connectivity index (χ4n) is 3.02. The fourth-order valence-corrected chi connectivity index (χ4v) is 3.02. The molecule has 2 aliphatic heterocycles. The molecule has 2 atom stereocenters. The minimum absolute atomic E-state index is 0.735. The number of rotatable bonds is 3. The number of likely N-dealkylation sites (tertiary alicyclic amines) is 1. The summed E-state index contributed by atoms with van der Waals surface area (Å²) in [4.78, 5) is 2.41. The summed E-state index contributed by atoms with van der Waals surface area (Å²) in [7, 11) is 4.33. The van der Waals surface area contributed by atoms with Crippen molar-refractivity contribution in [1.29, 1.82) is 0 Å². The molecule has 0 aromatic heterocycles. The normalized spacial score (nSPS) is 32.6. The highest BCUT2D eigenvalue weighted by molar-refractivity contribution is 4.92. The minimum Gasteiger partial charge on any atom is -0.316 e. The topological polar surface area (TPSA) is 27.3 Å². The third kappa shape index (κ3) is 2.10. The Morgan fingerprint density at radius 3 is 2.64 bits per heavy atom. The van der Waals surface area contributed by atoms with E-state index < -0.39 is 0 Å². The van der Waals surface area contributed by atoms with Crippen LogP contribution in [0.3, 0.4) is 0 Å². The highest BCUT2D eigenvalue weighted by atomic mass is 15.2. The lowest BCUT2D eigenvalue weighted by Gasteiger charge is -2.45. The second-order valence-corrected chi connectivity index (χ2v) is 4.90. The quantitative estimate of drug-likeness (QED) is 0.674. The molecule has 0 radical (unpaired) electrons. The summed E-state index contributed by atoms with van der Waals surface area (Å²) in [5.41, 5.74) is 0. The first-order chi connectivity index (χ1) is 6.81. The van der Waals surface area contributed by atoms with Gasteiger partial charge in [-0.05, 0) is 51.9 Å². The van der Waals surface area contributed by atoms with Crippen molar-refractivity contribution in [2.45, 2.75) is 18.9 Å². The van der Waals surface area contributed by atoms with E-state index in [2.05, 4.69) is 29.6 Å². The van der Waals surface area contributed by atoms with Crippen LogP contribution in [-0.2, 0) is 0 Å². The maximum atomic E-state index is 3.53. The van der Waals surface area contributed by atoms with Crippen LogP contribution in [0.25, 0.3) is 0 Å². The van der Waals surface area contributed by atoms with Crippen molar-refractivity contribution in [3.05, 3.63) is 0 Å². The smallest absolute Gasteiger partial charge is 0.0157 e. The molecule has 3 heteroatoms. The average molecular weight is 197 g/mol. The molecule has 0 aromatic rings. The van der Waals surface area contributed by atoms with Crippen molar-refractivity contribution >= 4 is 0 Å². The second-order valence-electron chi connectivity index (χ2n) is 4.90. The number of nitrogens with zero attached hydrogens (tertiary/aromatic N) is 1. The van der Waals surface area contributed by atoms with Crippen LogP contribution in [-0.4, -0.2) is 51.2 Å². The number of hydrogen-bond donors (Lipinski definition) is 2. The number of hydrogen-bond acceptors (Lipinski definition) is 3. The molecule has 2 aliphatic rings. The van der Waals surface area contributed by atoms with Crippen molar-refractivity contribution in [2.75, 3.05) is 40.3 Å². The molecule has 2 rings (SSSR count). The molecule has 2 fully saturated rings. The summed E-state index contributed by atoms with van der Waals surface area (Å²) < 4.78 is 0. The molecule has 0 aromatic carbocycles. The lowest BCUT2D eigenvalue weighted by Crippen LogP contribution is -2.57. The van der Waals surface area contributed by atoms with E-state index in [0.717, 1.165) is 17.9 Å². The van der Waals surface area contributed by atoms with Crippen LogP contribution >= 0.6 is 0 Å². The van der Waals surface area contributed by atoms with E-state index in [9.17, 15) is 0 Å². The Labute approximate surface area is 87.2 Å². The van der Waals surface area contributed by atoms with Gasteiger partial charge in [0.05, 0.1) is 0 Å².